The van der Waals surface area contributed by atoms with Crippen LogP contribution in [0, 0.1) is 13.8 Å². The van der Waals surface area contributed by atoms with Crippen LogP contribution in [0.15, 0.2) is 42.5 Å². The number of hydrogen-bond donors (Lipinski definition) is 2. The summed E-state index contributed by atoms with van der Waals surface area (Å²) in [5.41, 5.74) is 3.76. The topological polar surface area (TPSA) is 94.1 Å². The van der Waals surface area contributed by atoms with Crippen LogP contribution in [0.2, 0.25) is 0 Å². The fourth-order valence-electron chi connectivity index (χ4n) is 3.36. The fourth-order valence-corrected chi connectivity index (χ4v) is 3.36. The second-order valence-corrected chi connectivity index (χ2v) is 6.91. The van der Waals surface area contributed by atoms with Gasteiger partial charge in [-0.05, 0) is 38.1 Å². The number of hydrogen-bond acceptors (Lipinski definition) is 5. The molecule has 0 radical (unpaired) electrons. The highest BCUT2D eigenvalue weighted by molar-refractivity contribution is 6.04. The third kappa shape index (κ3) is 3.11. The number of nitrogens with one attached hydrogen (secondary N) is 2. The lowest BCUT2D eigenvalue weighted by Crippen LogP contribution is -2.25. The quantitative estimate of drug-likeness (QED) is 0.533. The maximum absolute atomic E-state index is 13.2. The fraction of sp³-hybridized carbons (Fsp3) is 0.150. The highest BCUT2D eigenvalue weighted by Crippen LogP contribution is 2.42. The SMILES string of the molecule is Cc1cc(C)n(-c2cccc(C(=O)Nc3nc4cc5c(cc4[nH]3)OC(F)(F)O5)c2)n1. The van der Waals surface area contributed by atoms with E-state index in [1.54, 1.807) is 22.9 Å². The number of carbonyl (C=O) groups is 1. The second-order valence-electron chi connectivity index (χ2n) is 6.91. The van der Waals surface area contributed by atoms with Crippen LogP contribution in [-0.2, 0) is 0 Å². The number of amides is 1. The predicted molar refractivity (Wildman–Crippen MR) is 103 cm³/mol. The van der Waals surface area contributed by atoms with Gasteiger partial charge in [-0.25, -0.2) is 9.67 Å². The lowest BCUT2D eigenvalue weighted by molar-refractivity contribution is -0.286. The number of alkyl halides is 2. The molecular weight excluding hydrogens is 396 g/mol. The number of aromatic amines is 1. The van der Waals surface area contributed by atoms with E-state index < -0.39 is 6.29 Å². The second kappa shape index (κ2) is 6.28. The molecule has 152 valence electrons. The average molecular weight is 411 g/mol. The molecule has 0 atom stereocenters. The third-order valence-electron chi connectivity index (χ3n) is 4.60. The van der Waals surface area contributed by atoms with Crippen molar-refractivity contribution >= 4 is 22.9 Å². The van der Waals surface area contributed by atoms with E-state index in [2.05, 4.69) is 29.9 Å². The largest absolute Gasteiger partial charge is 0.586 e. The number of aromatic nitrogens is 4. The van der Waals surface area contributed by atoms with Crippen LogP contribution in [0.3, 0.4) is 0 Å². The molecule has 2 aromatic carbocycles. The Hall–Kier alpha value is -3.95. The minimum absolute atomic E-state index is 0.105. The van der Waals surface area contributed by atoms with Crippen molar-refractivity contribution in [1.82, 2.24) is 19.7 Å². The highest BCUT2D eigenvalue weighted by Gasteiger charge is 2.43. The van der Waals surface area contributed by atoms with Crippen molar-refractivity contribution in [3.63, 3.8) is 0 Å². The summed E-state index contributed by atoms with van der Waals surface area (Å²) >= 11 is 0. The van der Waals surface area contributed by atoms with Crippen LogP contribution in [0.4, 0.5) is 14.7 Å². The first kappa shape index (κ1) is 18.1. The lowest BCUT2D eigenvalue weighted by Gasteiger charge is -2.07. The molecule has 0 aliphatic carbocycles. The van der Waals surface area contributed by atoms with Gasteiger partial charge in [0.25, 0.3) is 5.91 Å². The summed E-state index contributed by atoms with van der Waals surface area (Å²) < 4.78 is 37.0. The molecular formula is C20H15F2N5O3. The van der Waals surface area contributed by atoms with Gasteiger partial charge in [0, 0.05) is 23.4 Å². The Kier molecular flexibility index (Phi) is 3.79. The molecule has 4 aromatic rings. The molecule has 1 amide bonds. The number of anilines is 1. The molecule has 8 nitrogen and oxygen atoms in total. The number of ether oxygens (including phenoxy) is 2. The molecule has 0 unspecified atom stereocenters. The normalized spacial score (nSPS) is 14.3. The Morgan fingerprint density at radius 3 is 2.63 bits per heavy atom. The standard InChI is InChI=1S/C20H15F2N5O3/c1-10-6-11(2)27(26-10)13-5-3-4-12(7-13)18(28)25-19-23-14-8-16-17(9-15(14)24-19)30-20(21,22)29-16/h3-9H,1-2H3,(H2,23,24,25,28). The molecule has 2 N–H and O–H groups in total. The molecule has 0 bridgehead atoms. The number of carbonyl (C=O) groups excluding carboxylic acids is 1. The maximum Gasteiger partial charge on any atom is 0.586 e. The molecule has 30 heavy (non-hydrogen) atoms. The van der Waals surface area contributed by atoms with Gasteiger partial charge in [0.2, 0.25) is 5.95 Å². The molecule has 0 saturated carbocycles. The van der Waals surface area contributed by atoms with Gasteiger partial charge < -0.3 is 14.5 Å². The number of rotatable bonds is 3. The van der Waals surface area contributed by atoms with Crippen LogP contribution in [0.5, 0.6) is 11.5 Å². The van der Waals surface area contributed by atoms with Crippen molar-refractivity contribution in [1.29, 1.82) is 0 Å². The monoisotopic (exact) mass is 411 g/mol. The molecule has 0 saturated heterocycles. The number of imidazole rings is 1. The minimum Gasteiger partial charge on any atom is -0.395 e. The van der Waals surface area contributed by atoms with Gasteiger partial charge in [-0.3, -0.25) is 10.1 Å². The first-order valence-electron chi connectivity index (χ1n) is 9.02. The molecule has 3 heterocycles. The lowest BCUT2D eigenvalue weighted by atomic mass is 10.2. The Bertz CT molecular complexity index is 1270. The zero-order valence-corrected chi connectivity index (χ0v) is 15.9. The van der Waals surface area contributed by atoms with Crippen molar-refractivity contribution < 1.29 is 23.0 Å². The minimum atomic E-state index is -3.70. The molecule has 10 heteroatoms. The van der Waals surface area contributed by atoms with Crippen molar-refractivity contribution in [3.8, 4) is 17.2 Å². The van der Waals surface area contributed by atoms with Gasteiger partial charge in [0.1, 0.15) is 0 Å². The van der Waals surface area contributed by atoms with Crippen LogP contribution in [0.1, 0.15) is 21.7 Å². The Morgan fingerprint density at radius 2 is 1.90 bits per heavy atom. The molecule has 1 aliphatic rings. The number of H-pyrrole nitrogens is 1. The zero-order valence-electron chi connectivity index (χ0n) is 15.9. The first-order valence-corrected chi connectivity index (χ1v) is 9.02. The summed E-state index contributed by atoms with van der Waals surface area (Å²) in [7, 11) is 0. The van der Waals surface area contributed by atoms with Gasteiger partial charge in [0.15, 0.2) is 11.5 Å². The summed E-state index contributed by atoms with van der Waals surface area (Å²) in [6.45, 7) is 3.83. The number of halogens is 2. The summed E-state index contributed by atoms with van der Waals surface area (Å²) in [6, 6.07) is 11.6. The van der Waals surface area contributed by atoms with E-state index >= 15 is 0 Å². The molecule has 0 fully saturated rings. The smallest absolute Gasteiger partial charge is 0.395 e. The molecule has 2 aromatic heterocycles. The van der Waals surface area contributed by atoms with Gasteiger partial charge in [0.05, 0.1) is 22.4 Å². The third-order valence-corrected chi connectivity index (χ3v) is 4.60. The van der Waals surface area contributed by atoms with Crippen LogP contribution in [0.25, 0.3) is 16.7 Å². The highest BCUT2D eigenvalue weighted by atomic mass is 19.3. The first-order chi connectivity index (χ1) is 14.3. The Balaban J connectivity index is 1.40. The number of nitrogens with zero attached hydrogens (tertiary/aromatic N) is 3. The van der Waals surface area contributed by atoms with E-state index in [0.29, 0.717) is 16.6 Å². The number of benzene rings is 2. The maximum atomic E-state index is 13.2. The van der Waals surface area contributed by atoms with E-state index in [1.165, 1.54) is 12.1 Å². The summed E-state index contributed by atoms with van der Waals surface area (Å²) in [5, 5.41) is 7.10. The summed E-state index contributed by atoms with van der Waals surface area (Å²) in [4.78, 5) is 19.8. The van der Waals surface area contributed by atoms with Gasteiger partial charge in [-0.15, -0.1) is 8.78 Å². The summed E-state index contributed by atoms with van der Waals surface area (Å²) in [6.07, 6.45) is -3.70. The van der Waals surface area contributed by atoms with E-state index in [-0.39, 0.29) is 23.4 Å². The van der Waals surface area contributed by atoms with E-state index in [4.69, 9.17) is 0 Å². The van der Waals surface area contributed by atoms with Gasteiger partial charge in [-0.2, -0.15) is 5.10 Å². The zero-order chi connectivity index (χ0) is 21.0. The van der Waals surface area contributed by atoms with E-state index in [1.807, 2.05) is 26.0 Å². The molecule has 1 aliphatic heterocycles. The van der Waals surface area contributed by atoms with Crippen molar-refractivity contribution in [2.45, 2.75) is 20.1 Å². The van der Waals surface area contributed by atoms with E-state index in [0.717, 1.165) is 17.1 Å². The van der Waals surface area contributed by atoms with Gasteiger partial charge in [-0.1, -0.05) is 6.07 Å². The Morgan fingerprint density at radius 1 is 1.13 bits per heavy atom. The van der Waals surface area contributed by atoms with Crippen molar-refractivity contribution in [3.05, 3.63) is 59.4 Å². The predicted octanol–water partition coefficient (Wildman–Crippen LogP) is 3.94. The van der Waals surface area contributed by atoms with Crippen LogP contribution >= 0.6 is 0 Å². The van der Waals surface area contributed by atoms with Crippen molar-refractivity contribution in [2.24, 2.45) is 0 Å². The van der Waals surface area contributed by atoms with E-state index in [9.17, 15) is 13.6 Å². The van der Waals surface area contributed by atoms with Crippen LogP contribution in [-0.4, -0.2) is 32.0 Å². The number of aryl methyl sites for hydroxylation is 2. The molecule has 0 spiro atoms. The van der Waals surface area contributed by atoms with Gasteiger partial charge >= 0.3 is 6.29 Å². The van der Waals surface area contributed by atoms with Crippen molar-refractivity contribution in [2.75, 3.05) is 5.32 Å². The van der Waals surface area contributed by atoms with Crippen LogP contribution < -0.4 is 14.8 Å². The average Bonchev–Trinajstić information content (AvgIpc) is 3.31. The number of fused-ring (bicyclic) bond motifs is 2. The Labute approximate surface area is 168 Å². The molecule has 5 rings (SSSR count). The summed E-state index contributed by atoms with van der Waals surface area (Å²) in [5.74, 6) is -0.438.